The van der Waals surface area contributed by atoms with Crippen LogP contribution in [-0.4, -0.2) is 24.3 Å². The molecule has 0 spiro atoms. The van der Waals surface area contributed by atoms with Crippen molar-refractivity contribution in [2.45, 2.75) is 6.32 Å². The molecule has 2 radical (unpaired) electrons. The molecule has 0 aromatic rings. The highest BCUT2D eigenvalue weighted by atomic mass is 28.2. The fourth-order valence-electron chi connectivity index (χ4n) is 0.0833. The Hall–Kier alpha value is -0.248. The van der Waals surface area contributed by atoms with Gasteiger partial charge in [0.05, 0.1) is 7.85 Å². The van der Waals surface area contributed by atoms with Crippen molar-refractivity contribution >= 4 is 24.3 Å². The number of hydrogen-bond donors (Lipinski definition) is 0. The minimum Gasteiger partial charge on any atom is -0.529 e. The van der Waals surface area contributed by atoms with Gasteiger partial charge in [-0.3, -0.25) is 4.79 Å². The molecule has 0 amide bonds. The minimum absolute atomic E-state index is 0. The van der Waals surface area contributed by atoms with Gasteiger partial charge < -0.3 is 4.43 Å². The molecule has 6 heavy (non-hydrogen) atoms. The third kappa shape index (κ3) is 2.02. The Morgan fingerprint density at radius 3 is 2.67 bits per heavy atom. The molecule has 0 unspecified atom stereocenters. The first-order valence-corrected chi connectivity index (χ1v) is 2.39. The average Bonchev–Trinajstić information content (AvgIpc) is 1.65. The lowest BCUT2D eigenvalue weighted by Gasteiger charge is -1.88. The van der Waals surface area contributed by atoms with Gasteiger partial charge in [0, 0.05) is 6.32 Å². The summed E-state index contributed by atoms with van der Waals surface area (Å²) in [7, 11) is 5.28. The van der Waals surface area contributed by atoms with Gasteiger partial charge in [-0.15, -0.1) is 0 Å². The van der Waals surface area contributed by atoms with Gasteiger partial charge in [0.2, 0.25) is 10.5 Å². The van der Waals surface area contributed by atoms with Crippen LogP contribution < -0.4 is 0 Å². The molecule has 0 saturated carbocycles. The lowest BCUT2D eigenvalue weighted by molar-refractivity contribution is -0.131. The van der Waals surface area contributed by atoms with Gasteiger partial charge in [0.15, 0.2) is 0 Å². The highest BCUT2D eigenvalue weighted by molar-refractivity contribution is 6.21. The van der Waals surface area contributed by atoms with Crippen LogP contribution in [0.4, 0.5) is 0 Å². The Labute approximate surface area is 42.3 Å². The van der Waals surface area contributed by atoms with E-state index >= 15 is 0 Å². The van der Waals surface area contributed by atoms with Gasteiger partial charge in [0.25, 0.3) is 5.97 Å². The largest absolute Gasteiger partial charge is 1.00 e. The SMILES string of the molecule is [B]CC(=O)O[SiH3].[H+]. The maximum absolute atomic E-state index is 9.87. The first-order chi connectivity index (χ1) is 2.81. The fraction of sp³-hybridized carbons (Fsp3) is 0.500. The van der Waals surface area contributed by atoms with Crippen LogP contribution in [0.25, 0.3) is 0 Å². The molecule has 0 aliphatic rings. The summed E-state index contributed by atoms with van der Waals surface area (Å²) in [4.78, 5) is 9.87. The van der Waals surface area contributed by atoms with E-state index in [1.165, 1.54) is 0 Å². The zero-order valence-corrected chi connectivity index (χ0v) is 5.60. The van der Waals surface area contributed by atoms with Gasteiger partial charge in [-0.1, -0.05) is 0 Å². The lowest BCUT2D eigenvalue weighted by atomic mass is 10.1. The van der Waals surface area contributed by atoms with E-state index in [9.17, 15) is 4.79 Å². The number of hydrogen-bond acceptors (Lipinski definition) is 2. The first kappa shape index (κ1) is 5.75. The molecule has 0 bridgehead atoms. The van der Waals surface area contributed by atoms with Crippen molar-refractivity contribution in [3.8, 4) is 0 Å². The summed E-state index contributed by atoms with van der Waals surface area (Å²) in [6.07, 6.45) is 0.00347. The molecule has 0 N–H and O–H groups in total. The molecular weight excluding hydrogens is 94.9 g/mol. The topological polar surface area (TPSA) is 26.3 Å². The molecule has 0 aromatic heterocycles. The molecular formula is C2H6BO2Si+. The van der Waals surface area contributed by atoms with Crippen LogP contribution in [0.15, 0.2) is 0 Å². The summed E-state index contributed by atoms with van der Waals surface area (Å²) in [5.74, 6) is -0.318. The first-order valence-electron chi connectivity index (χ1n) is 1.58. The Bertz CT molecular complexity index is 53.7. The highest BCUT2D eigenvalue weighted by Crippen LogP contribution is 1.72. The Kier molecular flexibility index (Phi) is 2.84. The molecule has 32 valence electrons. The lowest BCUT2D eigenvalue weighted by Crippen LogP contribution is -1.97. The molecule has 0 aliphatic carbocycles. The molecule has 0 heterocycles. The van der Waals surface area contributed by atoms with Gasteiger partial charge >= 0.3 is 1.43 Å². The van der Waals surface area contributed by atoms with E-state index in [0.29, 0.717) is 10.5 Å². The summed E-state index contributed by atoms with van der Waals surface area (Å²) in [6.45, 7) is 0. The number of carbonyl (C=O) groups excluding carboxylic acids is 1. The molecule has 4 heteroatoms. The van der Waals surface area contributed by atoms with Crippen LogP contribution in [0.3, 0.4) is 0 Å². The van der Waals surface area contributed by atoms with E-state index in [0.717, 1.165) is 0 Å². The second kappa shape index (κ2) is 2.96. The van der Waals surface area contributed by atoms with Crippen LogP contribution in [-0.2, 0) is 9.22 Å². The second-order valence-electron chi connectivity index (χ2n) is 0.780. The molecule has 0 aliphatic heterocycles. The quantitative estimate of drug-likeness (QED) is 0.376. The highest BCUT2D eigenvalue weighted by Gasteiger charge is 1.86. The van der Waals surface area contributed by atoms with E-state index < -0.39 is 0 Å². The summed E-state index contributed by atoms with van der Waals surface area (Å²) in [6, 6.07) is 0. The van der Waals surface area contributed by atoms with Crippen molar-refractivity contribution in [2.75, 3.05) is 0 Å². The monoisotopic (exact) mass is 101 g/mol. The van der Waals surface area contributed by atoms with Crippen LogP contribution >= 0.6 is 0 Å². The number of carbonyl (C=O) groups is 1. The normalized spacial score (nSPS) is 8.00. The summed E-state index contributed by atoms with van der Waals surface area (Å²) < 4.78 is 4.27. The van der Waals surface area contributed by atoms with Crippen LogP contribution in [0.5, 0.6) is 0 Å². The van der Waals surface area contributed by atoms with Crippen LogP contribution in [0.2, 0.25) is 6.32 Å². The minimum atomic E-state index is -0.318. The Morgan fingerprint density at radius 1 is 2.17 bits per heavy atom. The van der Waals surface area contributed by atoms with Gasteiger partial charge in [-0.25, -0.2) is 0 Å². The van der Waals surface area contributed by atoms with E-state index in [-0.39, 0.29) is 13.7 Å². The standard InChI is InChI=1S/C2H5BO2Si/c3-1-2(4)5-6/h1H2,6H3/p+1. The van der Waals surface area contributed by atoms with Crippen molar-refractivity contribution < 1.29 is 10.6 Å². The number of rotatable bonds is 1. The maximum atomic E-state index is 9.87. The zero-order chi connectivity index (χ0) is 4.99. The molecule has 0 aromatic carbocycles. The summed E-state index contributed by atoms with van der Waals surface area (Å²) in [5, 5.41) is 0. The third-order valence-corrected chi connectivity index (χ3v) is 0.850. The molecule has 0 fully saturated rings. The van der Waals surface area contributed by atoms with Crippen molar-refractivity contribution in [3.63, 3.8) is 0 Å². The molecule has 0 atom stereocenters. The molecule has 0 saturated heterocycles. The average molecular weight is 101 g/mol. The van der Waals surface area contributed by atoms with Gasteiger partial charge in [-0.05, 0) is 0 Å². The third-order valence-electron chi connectivity index (χ3n) is 0.394. The van der Waals surface area contributed by atoms with E-state index in [4.69, 9.17) is 7.85 Å². The fourth-order valence-corrected chi connectivity index (χ4v) is 0.250. The van der Waals surface area contributed by atoms with Crippen LogP contribution in [0, 0.1) is 0 Å². The van der Waals surface area contributed by atoms with Crippen molar-refractivity contribution in [2.24, 2.45) is 0 Å². The van der Waals surface area contributed by atoms with Crippen molar-refractivity contribution in [3.05, 3.63) is 0 Å². The van der Waals surface area contributed by atoms with Crippen LogP contribution in [0.1, 0.15) is 1.43 Å². The molecule has 0 rings (SSSR count). The van der Waals surface area contributed by atoms with Gasteiger partial charge in [0.1, 0.15) is 0 Å². The van der Waals surface area contributed by atoms with E-state index in [1.807, 2.05) is 0 Å². The predicted octanol–water partition coefficient (Wildman–Crippen LogP) is -1.49. The smallest absolute Gasteiger partial charge is 0.529 e. The summed E-state index contributed by atoms with van der Waals surface area (Å²) in [5.41, 5.74) is 0. The van der Waals surface area contributed by atoms with Crippen molar-refractivity contribution in [1.82, 2.24) is 0 Å². The zero-order valence-electron chi connectivity index (χ0n) is 4.60. The predicted molar refractivity (Wildman–Crippen MR) is 27.7 cm³/mol. The molecule has 2 nitrogen and oxygen atoms in total. The Balaban J connectivity index is 0. The second-order valence-corrected chi connectivity index (χ2v) is 1.19. The van der Waals surface area contributed by atoms with Gasteiger partial charge in [-0.2, -0.15) is 0 Å². The van der Waals surface area contributed by atoms with E-state index in [2.05, 4.69) is 4.43 Å². The van der Waals surface area contributed by atoms with Crippen molar-refractivity contribution in [1.29, 1.82) is 0 Å². The summed E-state index contributed by atoms with van der Waals surface area (Å²) >= 11 is 0. The van der Waals surface area contributed by atoms with E-state index in [1.54, 1.807) is 0 Å². The Morgan fingerprint density at radius 2 is 2.67 bits per heavy atom. The maximum Gasteiger partial charge on any atom is 1.00 e.